The molecule has 0 aliphatic carbocycles. The molecule has 0 radical (unpaired) electrons. The van der Waals surface area contributed by atoms with Crippen molar-refractivity contribution in [3.63, 3.8) is 0 Å². The predicted molar refractivity (Wildman–Crippen MR) is 131 cm³/mol. The average molecular weight is 495 g/mol. The lowest BCUT2D eigenvalue weighted by Gasteiger charge is -2.16. The number of methoxy groups -OCH3 is 1. The Kier molecular flexibility index (Phi) is 6.67. The first kappa shape index (κ1) is 23.5. The molecule has 0 fully saturated rings. The summed E-state index contributed by atoms with van der Waals surface area (Å²) in [5.74, 6) is -0.522. The molecular weight excluding hydrogens is 472 g/mol. The van der Waals surface area contributed by atoms with Crippen LogP contribution in [0.3, 0.4) is 0 Å². The Labute approximate surface area is 201 Å². The largest absolute Gasteiger partial charge is 0.497 e. The summed E-state index contributed by atoms with van der Waals surface area (Å²) >= 11 is 1.53. The number of ether oxygens (including phenoxy) is 1. The van der Waals surface area contributed by atoms with Gasteiger partial charge in [0.1, 0.15) is 5.75 Å². The molecule has 2 heterocycles. The van der Waals surface area contributed by atoms with Gasteiger partial charge in [0, 0.05) is 23.2 Å². The van der Waals surface area contributed by atoms with Gasteiger partial charge in [0.25, 0.3) is 0 Å². The molecule has 0 aliphatic heterocycles. The van der Waals surface area contributed by atoms with Crippen LogP contribution < -0.4 is 10.1 Å². The van der Waals surface area contributed by atoms with Crippen LogP contribution in [-0.2, 0) is 16.4 Å². The van der Waals surface area contributed by atoms with Crippen LogP contribution in [0, 0.1) is 6.92 Å². The molecule has 0 saturated heterocycles. The van der Waals surface area contributed by atoms with Gasteiger partial charge < -0.3 is 15.2 Å². The molecule has 0 aliphatic rings. The van der Waals surface area contributed by atoms with E-state index in [0.717, 1.165) is 16.0 Å². The van der Waals surface area contributed by atoms with Gasteiger partial charge in [-0.3, -0.25) is 0 Å². The van der Waals surface area contributed by atoms with Crippen molar-refractivity contribution in [2.45, 2.75) is 23.4 Å². The third-order valence-corrected chi connectivity index (χ3v) is 7.99. The van der Waals surface area contributed by atoms with Crippen LogP contribution >= 0.6 is 11.3 Å². The Morgan fingerprint density at radius 3 is 2.53 bits per heavy atom. The third-order valence-electron chi connectivity index (χ3n) is 5.30. The zero-order valence-electron chi connectivity index (χ0n) is 18.5. The number of pyridine rings is 1. The van der Waals surface area contributed by atoms with Gasteiger partial charge in [-0.1, -0.05) is 12.1 Å². The zero-order valence-corrected chi connectivity index (χ0v) is 20.1. The number of nitrogens with one attached hydrogen (secondary N) is 1. The van der Waals surface area contributed by atoms with Crippen molar-refractivity contribution in [3.05, 3.63) is 88.9 Å². The molecule has 4 aromatic rings. The van der Waals surface area contributed by atoms with Crippen molar-refractivity contribution in [3.8, 4) is 16.2 Å². The van der Waals surface area contributed by atoms with Gasteiger partial charge in [-0.05, 0) is 72.0 Å². The van der Waals surface area contributed by atoms with Crippen molar-refractivity contribution in [1.82, 2.24) is 4.98 Å². The van der Waals surface area contributed by atoms with Gasteiger partial charge in [-0.15, -0.1) is 11.3 Å². The first-order valence-corrected chi connectivity index (χ1v) is 12.7. The van der Waals surface area contributed by atoms with Gasteiger partial charge in [0.05, 0.1) is 23.3 Å². The fourth-order valence-electron chi connectivity index (χ4n) is 3.63. The molecule has 9 heteroatoms. The first-order chi connectivity index (χ1) is 16.3. The molecule has 4 rings (SSSR count). The molecule has 0 bridgehead atoms. The summed E-state index contributed by atoms with van der Waals surface area (Å²) in [6.07, 6.45) is 1.42. The number of sulfone groups is 1. The lowest BCUT2D eigenvalue weighted by atomic mass is 10.0. The number of nitrogens with zero attached hydrogens (tertiary/aromatic N) is 1. The standard InChI is InChI=1S/C25H22N2O5S2/c1-16-13-18(22-6-4-12-33-22)14-21(25(28)29)23(16)27-15-17-5-3-11-26-24(17)34(30,31)20-9-7-19(32-2)8-10-20/h3-14,27H,15H2,1-2H3,(H,28,29). The number of rotatable bonds is 8. The zero-order chi connectivity index (χ0) is 24.3. The average Bonchev–Trinajstić information content (AvgIpc) is 3.38. The Balaban J connectivity index is 1.67. The molecule has 2 N–H and O–H groups in total. The van der Waals surface area contributed by atoms with E-state index in [9.17, 15) is 18.3 Å². The smallest absolute Gasteiger partial charge is 0.337 e. The summed E-state index contributed by atoms with van der Waals surface area (Å²) in [5.41, 5.74) is 2.54. The van der Waals surface area contributed by atoms with E-state index in [4.69, 9.17) is 4.74 Å². The molecule has 7 nitrogen and oxygen atoms in total. The van der Waals surface area contributed by atoms with E-state index in [1.807, 2.05) is 30.5 Å². The Morgan fingerprint density at radius 1 is 1.12 bits per heavy atom. The van der Waals surface area contributed by atoms with Gasteiger partial charge in [-0.25, -0.2) is 18.2 Å². The van der Waals surface area contributed by atoms with E-state index in [2.05, 4.69) is 10.3 Å². The maximum atomic E-state index is 13.3. The molecule has 0 unspecified atom stereocenters. The Bertz CT molecular complexity index is 1430. The number of hydrogen-bond acceptors (Lipinski definition) is 7. The summed E-state index contributed by atoms with van der Waals surface area (Å²) in [6, 6.07) is 16.8. The molecule has 2 aromatic carbocycles. The number of aromatic nitrogens is 1. The van der Waals surface area contributed by atoms with E-state index >= 15 is 0 Å². The maximum absolute atomic E-state index is 13.3. The highest BCUT2D eigenvalue weighted by Crippen LogP contribution is 2.32. The van der Waals surface area contributed by atoms with Crippen LogP contribution in [0.25, 0.3) is 10.4 Å². The van der Waals surface area contributed by atoms with Crippen molar-refractivity contribution in [2.75, 3.05) is 12.4 Å². The lowest BCUT2D eigenvalue weighted by molar-refractivity contribution is 0.0698. The number of benzene rings is 2. The second-order valence-electron chi connectivity index (χ2n) is 7.50. The topological polar surface area (TPSA) is 106 Å². The van der Waals surface area contributed by atoms with Crippen LogP contribution in [0.4, 0.5) is 5.69 Å². The van der Waals surface area contributed by atoms with E-state index in [1.54, 1.807) is 30.3 Å². The van der Waals surface area contributed by atoms with Crippen LogP contribution in [0.2, 0.25) is 0 Å². The summed E-state index contributed by atoms with van der Waals surface area (Å²) in [6.45, 7) is 1.90. The molecular formula is C25H22N2O5S2. The van der Waals surface area contributed by atoms with Gasteiger partial charge >= 0.3 is 5.97 Å². The number of carboxylic acid groups (broad SMARTS) is 1. The highest BCUT2D eigenvalue weighted by Gasteiger charge is 2.23. The maximum Gasteiger partial charge on any atom is 0.337 e. The van der Waals surface area contributed by atoms with Crippen molar-refractivity contribution in [2.24, 2.45) is 0 Å². The number of aromatic carboxylic acids is 1. The Morgan fingerprint density at radius 2 is 1.88 bits per heavy atom. The normalized spacial score (nSPS) is 11.2. The molecule has 0 saturated carbocycles. The van der Waals surface area contributed by atoms with Crippen LogP contribution in [-0.4, -0.2) is 31.6 Å². The molecule has 174 valence electrons. The quantitative estimate of drug-likeness (QED) is 0.344. The van der Waals surface area contributed by atoms with E-state index in [0.29, 0.717) is 17.0 Å². The van der Waals surface area contributed by atoms with Crippen molar-refractivity contribution in [1.29, 1.82) is 0 Å². The Hall–Kier alpha value is -3.69. The van der Waals surface area contributed by atoms with E-state index in [1.165, 1.54) is 36.8 Å². The summed E-state index contributed by atoms with van der Waals surface area (Å²) in [5, 5.41) is 14.8. The molecule has 0 amide bonds. The second kappa shape index (κ2) is 9.66. The van der Waals surface area contributed by atoms with Crippen LogP contribution in [0.1, 0.15) is 21.5 Å². The third kappa shape index (κ3) is 4.66. The first-order valence-electron chi connectivity index (χ1n) is 10.3. The predicted octanol–water partition coefficient (Wildman–Crippen LogP) is 5.27. The summed E-state index contributed by atoms with van der Waals surface area (Å²) in [4.78, 5) is 17.2. The monoisotopic (exact) mass is 494 g/mol. The van der Waals surface area contributed by atoms with Gasteiger partial charge in [0.15, 0.2) is 5.03 Å². The lowest BCUT2D eigenvalue weighted by Crippen LogP contribution is -2.13. The number of thiophene rings is 1. The number of carbonyl (C=O) groups is 1. The summed E-state index contributed by atoms with van der Waals surface area (Å²) in [7, 11) is -2.39. The number of carboxylic acids is 1. The molecule has 0 atom stereocenters. The minimum Gasteiger partial charge on any atom is -0.497 e. The minimum atomic E-state index is -3.89. The summed E-state index contributed by atoms with van der Waals surface area (Å²) < 4.78 is 31.6. The fraction of sp³-hybridized carbons (Fsp3) is 0.120. The van der Waals surface area contributed by atoms with Crippen molar-refractivity contribution >= 4 is 32.8 Å². The fourth-order valence-corrected chi connectivity index (χ4v) is 5.74. The number of anilines is 1. The van der Waals surface area contributed by atoms with E-state index < -0.39 is 15.8 Å². The molecule has 0 spiro atoms. The van der Waals surface area contributed by atoms with Gasteiger partial charge in [-0.2, -0.15) is 0 Å². The minimum absolute atomic E-state index is 0.0814. The van der Waals surface area contributed by atoms with E-state index in [-0.39, 0.29) is 22.0 Å². The number of aryl methyl sites for hydroxylation is 1. The van der Waals surface area contributed by atoms with Gasteiger partial charge in [0.2, 0.25) is 9.84 Å². The van der Waals surface area contributed by atoms with Crippen molar-refractivity contribution < 1.29 is 23.1 Å². The number of hydrogen-bond donors (Lipinski definition) is 2. The SMILES string of the molecule is COc1ccc(S(=O)(=O)c2ncccc2CNc2c(C)cc(-c3cccs3)cc2C(=O)O)cc1. The molecule has 2 aromatic heterocycles. The van der Waals surface area contributed by atoms with Crippen LogP contribution in [0.15, 0.2) is 82.2 Å². The highest BCUT2D eigenvalue weighted by atomic mass is 32.2. The second-order valence-corrected chi connectivity index (χ2v) is 10.3. The molecule has 34 heavy (non-hydrogen) atoms. The highest BCUT2D eigenvalue weighted by molar-refractivity contribution is 7.91. The van der Waals surface area contributed by atoms with Crippen LogP contribution in [0.5, 0.6) is 5.75 Å².